The quantitative estimate of drug-likeness (QED) is 0.394. The number of rotatable bonds is 4. The predicted octanol–water partition coefficient (Wildman–Crippen LogP) is 2.65. The summed E-state index contributed by atoms with van der Waals surface area (Å²) in [5, 5.41) is 14.1. The lowest BCUT2D eigenvalue weighted by atomic mass is 10.1. The second-order valence-corrected chi connectivity index (χ2v) is 7.70. The van der Waals surface area contributed by atoms with Gasteiger partial charge in [-0.25, -0.2) is 9.97 Å². The SMILES string of the molecule is Nc1ncc(-c2ccc(N3CCCNCC3)cc2)nc1C(=O)Nc1n[nH]c2ccccc12. The average molecular weight is 429 g/mol. The lowest BCUT2D eigenvalue weighted by Crippen LogP contribution is -2.27. The van der Waals surface area contributed by atoms with Crippen molar-refractivity contribution in [3.8, 4) is 11.3 Å². The number of para-hydroxylation sites is 1. The first kappa shape index (κ1) is 20.0. The second-order valence-electron chi connectivity index (χ2n) is 7.70. The minimum Gasteiger partial charge on any atom is -0.382 e. The van der Waals surface area contributed by atoms with Crippen LogP contribution >= 0.6 is 0 Å². The summed E-state index contributed by atoms with van der Waals surface area (Å²) < 4.78 is 0. The third kappa shape index (κ3) is 3.97. The van der Waals surface area contributed by atoms with Gasteiger partial charge in [0.25, 0.3) is 5.91 Å². The van der Waals surface area contributed by atoms with Gasteiger partial charge < -0.3 is 21.3 Å². The second kappa shape index (κ2) is 8.64. The molecule has 0 saturated carbocycles. The molecule has 1 aliphatic heterocycles. The molecule has 4 aromatic rings. The molecule has 0 aliphatic carbocycles. The largest absolute Gasteiger partial charge is 0.382 e. The molecule has 1 saturated heterocycles. The van der Waals surface area contributed by atoms with E-state index in [1.165, 1.54) is 5.69 Å². The molecule has 9 nitrogen and oxygen atoms in total. The molecule has 0 atom stereocenters. The van der Waals surface area contributed by atoms with E-state index in [-0.39, 0.29) is 11.5 Å². The molecule has 2 aromatic heterocycles. The minimum atomic E-state index is -0.456. The molecule has 9 heteroatoms. The van der Waals surface area contributed by atoms with Gasteiger partial charge in [-0.15, -0.1) is 0 Å². The van der Waals surface area contributed by atoms with Gasteiger partial charge in [0, 0.05) is 36.3 Å². The van der Waals surface area contributed by atoms with E-state index in [9.17, 15) is 4.79 Å². The van der Waals surface area contributed by atoms with E-state index >= 15 is 0 Å². The van der Waals surface area contributed by atoms with Crippen LogP contribution in [0.3, 0.4) is 0 Å². The van der Waals surface area contributed by atoms with Gasteiger partial charge in [-0.2, -0.15) is 5.10 Å². The molecule has 0 spiro atoms. The fraction of sp³-hybridized carbons (Fsp3) is 0.217. The van der Waals surface area contributed by atoms with Crippen LogP contribution < -0.4 is 21.3 Å². The number of benzene rings is 2. The number of hydrogen-bond donors (Lipinski definition) is 4. The van der Waals surface area contributed by atoms with Gasteiger partial charge in [0.2, 0.25) is 0 Å². The number of aromatic nitrogens is 4. The van der Waals surface area contributed by atoms with Crippen molar-refractivity contribution >= 4 is 34.1 Å². The summed E-state index contributed by atoms with van der Waals surface area (Å²) in [5.41, 5.74) is 9.49. The van der Waals surface area contributed by atoms with Crippen LogP contribution in [0.25, 0.3) is 22.2 Å². The summed E-state index contributed by atoms with van der Waals surface area (Å²) in [5.74, 6) is 0.0380. The zero-order valence-electron chi connectivity index (χ0n) is 17.5. The van der Waals surface area contributed by atoms with Crippen LogP contribution in [0.1, 0.15) is 16.9 Å². The highest BCUT2D eigenvalue weighted by atomic mass is 16.2. The van der Waals surface area contributed by atoms with E-state index in [0.717, 1.165) is 49.1 Å². The Kier molecular flexibility index (Phi) is 5.39. The van der Waals surface area contributed by atoms with E-state index in [4.69, 9.17) is 5.73 Å². The lowest BCUT2D eigenvalue weighted by molar-refractivity contribution is 0.102. The maximum atomic E-state index is 12.9. The van der Waals surface area contributed by atoms with Gasteiger partial charge in [0.15, 0.2) is 17.3 Å². The summed E-state index contributed by atoms with van der Waals surface area (Å²) in [6.45, 7) is 4.04. The van der Waals surface area contributed by atoms with Gasteiger partial charge in [-0.3, -0.25) is 9.89 Å². The highest BCUT2D eigenvalue weighted by molar-refractivity contribution is 6.09. The number of H-pyrrole nitrogens is 1. The monoisotopic (exact) mass is 428 g/mol. The van der Waals surface area contributed by atoms with Gasteiger partial charge in [-0.1, -0.05) is 24.3 Å². The Bertz CT molecular complexity index is 1240. The molecule has 1 aliphatic rings. The molecule has 32 heavy (non-hydrogen) atoms. The Labute approximate surface area is 185 Å². The maximum absolute atomic E-state index is 12.9. The van der Waals surface area contributed by atoms with E-state index in [1.54, 1.807) is 6.20 Å². The normalized spacial score (nSPS) is 14.3. The third-order valence-corrected chi connectivity index (χ3v) is 5.59. The molecule has 2 aromatic carbocycles. The van der Waals surface area contributed by atoms with E-state index in [1.807, 2.05) is 36.4 Å². The Morgan fingerprint density at radius 2 is 1.91 bits per heavy atom. The highest BCUT2D eigenvalue weighted by Crippen LogP contribution is 2.24. The van der Waals surface area contributed by atoms with Crippen molar-refractivity contribution in [3.63, 3.8) is 0 Å². The number of fused-ring (bicyclic) bond motifs is 1. The number of nitrogens with one attached hydrogen (secondary N) is 3. The summed E-state index contributed by atoms with van der Waals surface area (Å²) in [6.07, 6.45) is 2.70. The fourth-order valence-electron chi connectivity index (χ4n) is 3.88. The number of nitrogens with zero attached hydrogens (tertiary/aromatic N) is 4. The summed E-state index contributed by atoms with van der Waals surface area (Å²) in [6, 6.07) is 15.7. The molecule has 5 rings (SSSR count). The van der Waals surface area contributed by atoms with Crippen LogP contribution in [0.5, 0.6) is 0 Å². The topological polar surface area (TPSA) is 125 Å². The van der Waals surface area contributed by atoms with Crippen molar-refractivity contribution in [1.82, 2.24) is 25.5 Å². The number of aromatic amines is 1. The Balaban J connectivity index is 1.38. The summed E-state index contributed by atoms with van der Waals surface area (Å²) in [4.78, 5) is 24.0. The smallest absolute Gasteiger partial charge is 0.279 e. The number of carbonyl (C=O) groups is 1. The first-order valence-corrected chi connectivity index (χ1v) is 10.6. The van der Waals surface area contributed by atoms with E-state index in [2.05, 4.69) is 47.8 Å². The standard InChI is InChI=1S/C23H24N8O/c24-21-20(23(32)28-22-17-4-1-2-5-18(17)29-30-22)27-19(14-26-21)15-6-8-16(9-7-15)31-12-3-10-25-11-13-31/h1-2,4-9,14,25H,3,10-13H2,(H2,24,26)(H2,28,29,30,32). The predicted molar refractivity (Wildman–Crippen MR) is 126 cm³/mol. The fourth-order valence-corrected chi connectivity index (χ4v) is 3.88. The van der Waals surface area contributed by atoms with Gasteiger partial charge in [0.1, 0.15) is 0 Å². The molecule has 162 valence electrons. The number of anilines is 3. The van der Waals surface area contributed by atoms with Crippen LogP contribution in [0.4, 0.5) is 17.3 Å². The van der Waals surface area contributed by atoms with Gasteiger partial charge in [0.05, 0.1) is 17.4 Å². The molecule has 3 heterocycles. The number of hydrogen-bond acceptors (Lipinski definition) is 7. The zero-order chi connectivity index (χ0) is 21.9. The van der Waals surface area contributed by atoms with E-state index in [0.29, 0.717) is 11.5 Å². The van der Waals surface area contributed by atoms with Crippen molar-refractivity contribution in [1.29, 1.82) is 0 Å². The Morgan fingerprint density at radius 1 is 1.06 bits per heavy atom. The molecule has 1 fully saturated rings. The van der Waals surface area contributed by atoms with Crippen molar-refractivity contribution in [2.24, 2.45) is 0 Å². The number of amides is 1. The molecule has 1 amide bonds. The highest BCUT2D eigenvalue weighted by Gasteiger charge is 2.18. The summed E-state index contributed by atoms with van der Waals surface area (Å²) in [7, 11) is 0. The minimum absolute atomic E-state index is 0.0669. The van der Waals surface area contributed by atoms with Crippen molar-refractivity contribution in [2.45, 2.75) is 6.42 Å². The lowest BCUT2D eigenvalue weighted by Gasteiger charge is -2.22. The first-order valence-electron chi connectivity index (χ1n) is 10.6. The van der Waals surface area contributed by atoms with Gasteiger partial charge in [-0.05, 0) is 37.2 Å². The molecule has 0 radical (unpaired) electrons. The van der Waals surface area contributed by atoms with Gasteiger partial charge >= 0.3 is 0 Å². The Hall–Kier alpha value is -3.98. The van der Waals surface area contributed by atoms with Crippen LogP contribution in [0.15, 0.2) is 54.7 Å². The van der Waals surface area contributed by atoms with Crippen LogP contribution in [-0.2, 0) is 0 Å². The van der Waals surface area contributed by atoms with E-state index < -0.39 is 5.91 Å². The van der Waals surface area contributed by atoms with Crippen LogP contribution in [-0.4, -0.2) is 52.3 Å². The number of nitrogens with two attached hydrogens (primary N) is 1. The first-order chi connectivity index (χ1) is 15.7. The Morgan fingerprint density at radius 3 is 2.78 bits per heavy atom. The number of carbonyl (C=O) groups excluding carboxylic acids is 1. The van der Waals surface area contributed by atoms with Crippen molar-refractivity contribution < 1.29 is 4.79 Å². The van der Waals surface area contributed by atoms with Crippen LogP contribution in [0, 0.1) is 0 Å². The maximum Gasteiger partial charge on any atom is 0.279 e. The van der Waals surface area contributed by atoms with Crippen LogP contribution in [0.2, 0.25) is 0 Å². The molecular weight excluding hydrogens is 404 g/mol. The molecular formula is C23H24N8O. The summed E-state index contributed by atoms with van der Waals surface area (Å²) >= 11 is 0. The molecule has 5 N–H and O–H groups in total. The average Bonchev–Trinajstić information content (AvgIpc) is 3.04. The van der Waals surface area contributed by atoms with Crippen molar-refractivity contribution in [2.75, 3.05) is 42.1 Å². The molecule has 0 unspecified atom stereocenters. The molecule has 0 bridgehead atoms. The zero-order valence-corrected chi connectivity index (χ0v) is 17.5. The van der Waals surface area contributed by atoms with Crippen molar-refractivity contribution in [3.05, 3.63) is 60.4 Å². The number of nitrogen functional groups attached to an aromatic ring is 1. The third-order valence-electron chi connectivity index (χ3n) is 5.59.